The lowest BCUT2D eigenvalue weighted by Crippen LogP contribution is -2.43. The molecule has 1 unspecified atom stereocenters. The van der Waals surface area contributed by atoms with E-state index < -0.39 is 5.54 Å². The van der Waals surface area contributed by atoms with Crippen molar-refractivity contribution < 1.29 is 14.7 Å². The van der Waals surface area contributed by atoms with E-state index in [1.165, 1.54) is 4.90 Å². The minimum absolute atomic E-state index is 0.0166. The van der Waals surface area contributed by atoms with Crippen molar-refractivity contribution in [3.8, 4) is 0 Å². The summed E-state index contributed by atoms with van der Waals surface area (Å²) in [6.07, 6.45) is 0.567. The molecule has 1 heterocycles. The van der Waals surface area contributed by atoms with E-state index in [1.54, 1.807) is 19.1 Å². The summed E-state index contributed by atoms with van der Waals surface area (Å²) in [4.78, 5) is 25.3. The number of carbonyl (C=O) groups is 2. The van der Waals surface area contributed by atoms with Crippen LogP contribution in [0, 0.1) is 0 Å². The number of aliphatic hydroxyl groups is 1. The van der Waals surface area contributed by atoms with Crippen LogP contribution in [0.4, 0.5) is 4.79 Å². The Morgan fingerprint density at radius 3 is 2.26 bits per heavy atom. The van der Waals surface area contributed by atoms with Gasteiger partial charge in [-0.2, -0.15) is 0 Å². The van der Waals surface area contributed by atoms with Gasteiger partial charge in [-0.05, 0) is 24.5 Å². The van der Waals surface area contributed by atoms with Gasteiger partial charge >= 0.3 is 6.03 Å². The van der Waals surface area contributed by atoms with Crippen LogP contribution in [0.5, 0.6) is 0 Å². The van der Waals surface area contributed by atoms with Gasteiger partial charge in [-0.1, -0.05) is 31.2 Å². The first-order valence-corrected chi connectivity index (χ1v) is 6.33. The lowest BCUT2D eigenvalue weighted by molar-refractivity contribution is -0.131. The van der Waals surface area contributed by atoms with Gasteiger partial charge in [0.2, 0.25) is 0 Å². The Kier molecular flexibility index (Phi) is 3.57. The first-order valence-electron chi connectivity index (χ1n) is 6.33. The smallest absolute Gasteiger partial charge is 0.325 e. The monoisotopic (exact) mass is 262 g/mol. The third-order valence-corrected chi connectivity index (χ3v) is 3.60. The molecule has 0 bridgehead atoms. The predicted octanol–water partition coefficient (Wildman–Crippen LogP) is 1.40. The molecule has 0 radical (unpaired) electrons. The SMILES string of the molecule is CCC1(C)NC(=O)N(Cc2ccc(CO)cc2)C1=O. The highest BCUT2D eigenvalue weighted by Crippen LogP contribution is 2.22. The number of carbonyl (C=O) groups excluding carboxylic acids is 2. The van der Waals surface area contributed by atoms with Gasteiger partial charge in [0.25, 0.3) is 5.91 Å². The molecule has 1 aliphatic rings. The highest BCUT2D eigenvalue weighted by molar-refractivity contribution is 6.06. The van der Waals surface area contributed by atoms with E-state index in [0.717, 1.165) is 11.1 Å². The Morgan fingerprint density at radius 1 is 1.21 bits per heavy atom. The third-order valence-electron chi connectivity index (χ3n) is 3.60. The topological polar surface area (TPSA) is 69.6 Å². The van der Waals surface area contributed by atoms with Crippen molar-refractivity contribution in [1.29, 1.82) is 0 Å². The average molecular weight is 262 g/mol. The first-order chi connectivity index (χ1) is 9.00. The number of amides is 3. The number of benzene rings is 1. The molecule has 0 spiro atoms. The lowest BCUT2D eigenvalue weighted by Gasteiger charge is -2.19. The van der Waals surface area contributed by atoms with Gasteiger partial charge in [-0.25, -0.2) is 4.79 Å². The predicted molar refractivity (Wildman–Crippen MR) is 70.1 cm³/mol. The summed E-state index contributed by atoms with van der Waals surface area (Å²) in [7, 11) is 0. The molecule has 1 atom stereocenters. The summed E-state index contributed by atoms with van der Waals surface area (Å²) in [5.74, 6) is -0.189. The summed E-state index contributed by atoms with van der Waals surface area (Å²) >= 11 is 0. The minimum Gasteiger partial charge on any atom is -0.392 e. The van der Waals surface area contributed by atoms with Gasteiger partial charge in [-0.3, -0.25) is 9.69 Å². The maximum Gasteiger partial charge on any atom is 0.325 e. The van der Waals surface area contributed by atoms with Crippen LogP contribution in [-0.2, 0) is 17.9 Å². The molecular formula is C14H18N2O3. The van der Waals surface area contributed by atoms with Crippen molar-refractivity contribution in [3.63, 3.8) is 0 Å². The molecule has 1 fully saturated rings. The molecule has 1 saturated heterocycles. The van der Waals surface area contributed by atoms with Crippen molar-refractivity contribution in [2.75, 3.05) is 0 Å². The summed E-state index contributed by atoms with van der Waals surface area (Å²) in [6, 6.07) is 6.85. The molecule has 0 saturated carbocycles. The summed E-state index contributed by atoms with van der Waals surface area (Å²) in [5.41, 5.74) is 0.877. The number of hydrogen-bond acceptors (Lipinski definition) is 3. The van der Waals surface area contributed by atoms with E-state index in [9.17, 15) is 9.59 Å². The van der Waals surface area contributed by atoms with E-state index in [0.29, 0.717) is 6.42 Å². The van der Waals surface area contributed by atoms with Gasteiger partial charge in [-0.15, -0.1) is 0 Å². The molecule has 1 aromatic rings. The fourth-order valence-corrected chi connectivity index (χ4v) is 2.06. The molecule has 3 amide bonds. The van der Waals surface area contributed by atoms with Crippen LogP contribution in [0.2, 0.25) is 0 Å². The van der Waals surface area contributed by atoms with Gasteiger partial charge in [0, 0.05) is 0 Å². The zero-order valence-electron chi connectivity index (χ0n) is 11.1. The van der Waals surface area contributed by atoms with Crippen LogP contribution in [-0.4, -0.2) is 27.5 Å². The first kappa shape index (κ1) is 13.5. The summed E-state index contributed by atoms with van der Waals surface area (Å²) < 4.78 is 0. The number of rotatable bonds is 4. The normalized spacial score (nSPS) is 22.8. The van der Waals surface area contributed by atoms with Gasteiger partial charge in [0.15, 0.2) is 0 Å². The molecule has 5 nitrogen and oxygen atoms in total. The zero-order valence-corrected chi connectivity index (χ0v) is 11.1. The van der Waals surface area contributed by atoms with Gasteiger partial charge in [0.1, 0.15) is 5.54 Å². The third kappa shape index (κ3) is 2.46. The average Bonchev–Trinajstić information content (AvgIpc) is 2.64. The van der Waals surface area contributed by atoms with E-state index >= 15 is 0 Å². The van der Waals surface area contributed by atoms with Crippen molar-refractivity contribution in [3.05, 3.63) is 35.4 Å². The van der Waals surface area contributed by atoms with E-state index in [1.807, 2.05) is 19.1 Å². The maximum absolute atomic E-state index is 12.2. The number of aliphatic hydroxyl groups excluding tert-OH is 1. The van der Waals surface area contributed by atoms with Gasteiger partial charge < -0.3 is 10.4 Å². The Labute approximate surface area is 112 Å². The summed E-state index contributed by atoms with van der Waals surface area (Å²) in [5, 5.41) is 11.7. The quantitative estimate of drug-likeness (QED) is 0.806. The van der Waals surface area contributed by atoms with E-state index in [4.69, 9.17) is 5.11 Å². The van der Waals surface area contributed by atoms with Crippen molar-refractivity contribution in [2.45, 2.75) is 39.0 Å². The second-order valence-corrected chi connectivity index (χ2v) is 4.98. The Hall–Kier alpha value is -1.88. The van der Waals surface area contributed by atoms with Crippen molar-refractivity contribution >= 4 is 11.9 Å². The van der Waals surface area contributed by atoms with Crippen LogP contribution in [0.1, 0.15) is 31.4 Å². The molecule has 1 aromatic carbocycles. The minimum atomic E-state index is -0.790. The number of hydrogen-bond donors (Lipinski definition) is 2. The molecular weight excluding hydrogens is 244 g/mol. The maximum atomic E-state index is 12.2. The highest BCUT2D eigenvalue weighted by Gasteiger charge is 2.46. The number of nitrogens with one attached hydrogen (secondary N) is 1. The van der Waals surface area contributed by atoms with Crippen LogP contribution >= 0.6 is 0 Å². The van der Waals surface area contributed by atoms with Crippen LogP contribution in [0.15, 0.2) is 24.3 Å². The zero-order chi connectivity index (χ0) is 14.0. The standard InChI is InChI=1S/C14H18N2O3/c1-3-14(2)12(18)16(13(19)15-14)8-10-4-6-11(9-17)7-5-10/h4-7,17H,3,8-9H2,1-2H3,(H,15,19). The van der Waals surface area contributed by atoms with Crippen LogP contribution in [0.3, 0.4) is 0 Å². The molecule has 0 aromatic heterocycles. The Bertz CT molecular complexity index is 498. The highest BCUT2D eigenvalue weighted by atomic mass is 16.3. The largest absolute Gasteiger partial charge is 0.392 e. The molecule has 2 rings (SSSR count). The fourth-order valence-electron chi connectivity index (χ4n) is 2.06. The van der Waals surface area contributed by atoms with E-state index in [2.05, 4.69) is 5.32 Å². The number of nitrogens with zero attached hydrogens (tertiary/aromatic N) is 1. The molecule has 5 heteroatoms. The van der Waals surface area contributed by atoms with E-state index in [-0.39, 0.29) is 25.1 Å². The Balaban J connectivity index is 2.14. The molecule has 1 aliphatic heterocycles. The number of urea groups is 1. The van der Waals surface area contributed by atoms with Crippen molar-refractivity contribution in [2.24, 2.45) is 0 Å². The second-order valence-electron chi connectivity index (χ2n) is 4.98. The van der Waals surface area contributed by atoms with Crippen LogP contribution < -0.4 is 5.32 Å². The molecule has 19 heavy (non-hydrogen) atoms. The van der Waals surface area contributed by atoms with Gasteiger partial charge in [0.05, 0.1) is 13.2 Å². The van der Waals surface area contributed by atoms with Crippen molar-refractivity contribution in [1.82, 2.24) is 10.2 Å². The fraction of sp³-hybridized carbons (Fsp3) is 0.429. The Morgan fingerprint density at radius 2 is 1.79 bits per heavy atom. The second kappa shape index (κ2) is 5.01. The molecule has 102 valence electrons. The summed E-state index contributed by atoms with van der Waals surface area (Å²) in [6.45, 7) is 3.85. The van der Waals surface area contributed by atoms with Crippen LogP contribution in [0.25, 0.3) is 0 Å². The lowest BCUT2D eigenvalue weighted by atomic mass is 9.99. The molecule has 0 aliphatic carbocycles. The molecule has 2 N–H and O–H groups in total. The number of imide groups is 1.